The SMILES string of the molecule is CC(Oc1cncc(CC#CO)c1)[C@@H]1CCCN1. The highest BCUT2D eigenvalue weighted by Gasteiger charge is 2.22. The first-order valence-corrected chi connectivity index (χ1v) is 6.25. The first-order valence-electron chi connectivity index (χ1n) is 6.25. The number of nitrogens with one attached hydrogen (secondary N) is 1. The summed E-state index contributed by atoms with van der Waals surface area (Å²) < 4.78 is 5.88. The highest BCUT2D eigenvalue weighted by molar-refractivity contribution is 5.26. The van der Waals surface area contributed by atoms with Crippen molar-refractivity contribution >= 4 is 0 Å². The summed E-state index contributed by atoms with van der Waals surface area (Å²) in [5, 5.41) is 11.9. The minimum atomic E-state index is 0.133. The lowest BCUT2D eigenvalue weighted by molar-refractivity contribution is 0.179. The van der Waals surface area contributed by atoms with Crippen molar-refractivity contribution in [2.24, 2.45) is 0 Å². The Morgan fingerprint density at radius 3 is 3.22 bits per heavy atom. The van der Waals surface area contributed by atoms with Gasteiger partial charge < -0.3 is 15.2 Å². The van der Waals surface area contributed by atoms with E-state index in [2.05, 4.69) is 23.1 Å². The quantitative estimate of drug-likeness (QED) is 0.790. The molecule has 0 aliphatic carbocycles. The maximum absolute atomic E-state index is 8.46. The van der Waals surface area contributed by atoms with E-state index in [4.69, 9.17) is 9.84 Å². The van der Waals surface area contributed by atoms with Crippen molar-refractivity contribution in [3.05, 3.63) is 24.0 Å². The monoisotopic (exact) mass is 246 g/mol. The predicted molar refractivity (Wildman–Crippen MR) is 68.8 cm³/mol. The topological polar surface area (TPSA) is 54.4 Å². The molecule has 0 saturated carbocycles. The second kappa shape index (κ2) is 6.27. The van der Waals surface area contributed by atoms with Crippen LogP contribution >= 0.6 is 0 Å². The third-order valence-corrected chi connectivity index (χ3v) is 3.13. The zero-order valence-electron chi connectivity index (χ0n) is 10.5. The van der Waals surface area contributed by atoms with Crippen LogP contribution in [0.1, 0.15) is 25.3 Å². The smallest absolute Gasteiger partial charge is 0.138 e. The molecule has 1 aromatic heterocycles. The van der Waals surface area contributed by atoms with Crippen LogP contribution < -0.4 is 10.1 Å². The second-order valence-electron chi connectivity index (χ2n) is 4.52. The van der Waals surface area contributed by atoms with Crippen LogP contribution in [0.3, 0.4) is 0 Å². The Balaban J connectivity index is 1.96. The fourth-order valence-electron chi connectivity index (χ4n) is 2.18. The molecular formula is C14H18N2O2. The lowest BCUT2D eigenvalue weighted by Crippen LogP contribution is -2.36. The first-order chi connectivity index (χ1) is 8.79. The number of hydrogen-bond acceptors (Lipinski definition) is 4. The molecule has 1 aliphatic heterocycles. The standard InChI is InChI=1S/C14H18N2O2/c1-11(14-5-2-6-16-14)18-13-8-12(4-3-7-17)9-15-10-13/h8-11,14,16-17H,2,4-6H2,1H3/t11?,14-/m0/s1. The van der Waals surface area contributed by atoms with Crippen molar-refractivity contribution in [1.29, 1.82) is 0 Å². The van der Waals surface area contributed by atoms with Crippen LogP contribution in [-0.2, 0) is 6.42 Å². The number of aliphatic hydroxyl groups is 1. The molecule has 4 heteroatoms. The molecule has 0 radical (unpaired) electrons. The van der Waals surface area contributed by atoms with Crippen molar-refractivity contribution in [1.82, 2.24) is 10.3 Å². The average Bonchev–Trinajstić information content (AvgIpc) is 2.91. The van der Waals surface area contributed by atoms with Gasteiger partial charge >= 0.3 is 0 Å². The van der Waals surface area contributed by atoms with E-state index in [1.165, 1.54) is 6.42 Å². The zero-order chi connectivity index (χ0) is 12.8. The molecule has 4 nitrogen and oxygen atoms in total. The van der Waals surface area contributed by atoms with Crippen molar-refractivity contribution < 1.29 is 9.84 Å². The lowest BCUT2D eigenvalue weighted by Gasteiger charge is -2.21. The second-order valence-corrected chi connectivity index (χ2v) is 4.52. The summed E-state index contributed by atoms with van der Waals surface area (Å²) >= 11 is 0. The van der Waals surface area contributed by atoms with Gasteiger partial charge in [0, 0.05) is 18.7 Å². The number of hydrogen-bond donors (Lipinski definition) is 2. The number of ether oxygens (including phenoxy) is 1. The molecule has 1 aliphatic rings. The van der Waals surface area contributed by atoms with Crippen LogP contribution in [0, 0.1) is 12.0 Å². The minimum absolute atomic E-state index is 0.133. The first kappa shape index (κ1) is 12.7. The zero-order valence-corrected chi connectivity index (χ0v) is 10.5. The Morgan fingerprint density at radius 2 is 2.50 bits per heavy atom. The number of nitrogens with zero attached hydrogens (tertiary/aromatic N) is 1. The molecule has 0 aromatic carbocycles. The molecule has 96 valence electrons. The largest absolute Gasteiger partial charge is 0.487 e. The Labute approximate surface area is 107 Å². The van der Waals surface area contributed by atoms with E-state index in [0.29, 0.717) is 12.5 Å². The van der Waals surface area contributed by atoms with Crippen LogP contribution in [0.4, 0.5) is 0 Å². The van der Waals surface area contributed by atoms with Crippen molar-refractivity contribution in [3.63, 3.8) is 0 Å². The minimum Gasteiger partial charge on any atom is -0.487 e. The molecule has 2 rings (SSSR count). The van der Waals surface area contributed by atoms with E-state index in [-0.39, 0.29) is 6.10 Å². The van der Waals surface area contributed by atoms with Gasteiger partial charge in [0.05, 0.1) is 6.20 Å². The summed E-state index contributed by atoms with van der Waals surface area (Å²) in [6.07, 6.45) is 8.32. The van der Waals surface area contributed by atoms with Crippen LogP contribution in [0.25, 0.3) is 0 Å². The summed E-state index contributed by atoms with van der Waals surface area (Å²) in [6.45, 7) is 3.14. The summed E-state index contributed by atoms with van der Waals surface area (Å²) in [4.78, 5) is 4.12. The van der Waals surface area contributed by atoms with Crippen LogP contribution in [0.5, 0.6) is 5.75 Å². The molecule has 2 atom stereocenters. The van der Waals surface area contributed by atoms with E-state index >= 15 is 0 Å². The highest BCUT2D eigenvalue weighted by Crippen LogP contribution is 2.17. The molecule has 0 bridgehead atoms. The van der Waals surface area contributed by atoms with E-state index in [1.54, 1.807) is 12.4 Å². The molecule has 1 fully saturated rings. The Morgan fingerprint density at radius 1 is 1.61 bits per heavy atom. The normalized spacial score (nSPS) is 19.9. The predicted octanol–water partition coefficient (Wildman–Crippen LogP) is 1.48. The van der Waals surface area contributed by atoms with Gasteiger partial charge in [0.2, 0.25) is 0 Å². The number of aromatic nitrogens is 1. The van der Waals surface area contributed by atoms with Crippen molar-refractivity contribution in [2.75, 3.05) is 6.54 Å². The molecule has 1 unspecified atom stereocenters. The molecular weight excluding hydrogens is 228 g/mol. The molecule has 1 saturated heterocycles. The summed E-state index contributed by atoms with van der Waals surface area (Å²) in [7, 11) is 0. The molecule has 2 heterocycles. The van der Waals surface area contributed by atoms with Crippen LogP contribution in [0.15, 0.2) is 18.5 Å². The molecule has 1 aromatic rings. The van der Waals surface area contributed by atoms with Gasteiger partial charge in [-0.05, 0) is 37.9 Å². The highest BCUT2D eigenvalue weighted by atomic mass is 16.5. The Kier molecular flexibility index (Phi) is 4.43. The molecule has 0 amide bonds. The number of aliphatic hydroxyl groups excluding tert-OH is 1. The van der Waals surface area contributed by atoms with Gasteiger partial charge in [-0.15, -0.1) is 0 Å². The van der Waals surface area contributed by atoms with Gasteiger partial charge in [0.1, 0.15) is 18.0 Å². The van der Waals surface area contributed by atoms with Crippen LogP contribution in [-0.4, -0.2) is 28.8 Å². The number of pyridine rings is 1. The maximum Gasteiger partial charge on any atom is 0.138 e. The van der Waals surface area contributed by atoms with Crippen molar-refractivity contribution in [3.8, 4) is 17.8 Å². The fraction of sp³-hybridized carbons (Fsp3) is 0.500. The van der Waals surface area contributed by atoms with Gasteiger partial charge in [-0.2, -0.15) is 0 Å². The molecule has 0 spiro atoms. The average molecular weight is 246 g/mol. The van der Waals surface area contributed by atoms with E-state index in [1.807, 2.05) is 12.2 Å². The maximum atomic E-state index is 8.46. The molecule has 18 heavy (non-hydrogen) atoms. The van der Waals surface area contributed by atoms with Gasteiger partial charge in [0.15, 0.2) is 0 Å². The van der Waals surface area contributed by atoms with E-state index < -0.39 is 0 Å². The number of rotatable bonds is 4. The Hall–Kier alpha value is -1.73. The van der Waals surface area contributed by atoms with Gasteiger partial charge in [-0.3, -0.25) is 4.98 Å². The van der Waals surface area contributed by atoms with Crippen LogP contribution in [0.2, 0.25) is 0 Å². The van der Waals surface area contributed by atoms with Crippen molar-refractivity contribution in [2.45, 2.75) is 38.3 Å². The summed E-state index contributed by atoms with van der Waals surface area (Å²) in [5.74, 6) is 3.36. The Bertz CT molecular complexity index is 445. The van der Waals surface area contributed by atoms with E-state index in [9.17, 15) is 0 Å². The molecule has 2 N–H and O–H groups in total. The lowest BCUT2D eigenvalue weighted by atomic mass is 10.1. The summed E-state index contributed by atoms with van der Waals surface area (Å²) in [6, 6.07) is 2.34. The summed E-state index contributed by atoms with van der Waals surface area (Å²) in [5.41, 5.74) is 0.945. The van der Waals surface area contributed by atoms with Gasteiger partial charge in [-0.25, -0.2) is 0 Å². The third-order valence-electron chi connectivity index (χ3n) is 3.13. The third kappa shape index (κ3) is 3.38. The van der Waals surface area contributed by atoms with Gasteiger partial charge in [0.25, 0.3) is 0 Å². The fourth-order valence-corrected chi connectivity index (χ4v) is 2.18. The van der Waals surface area contributed by atoms with E-state index in [0.717, 1.165) is 24.3 Å². The van der Waals surface area contributed by atoms with Gasteiger partial charge in [-0.1, -0.05) is 5.92 Å².